The van der Waals surface area contributed by atoms with E-state index in [2.05, 4.69) is 15.0 Å². The predicted molar refractivity (Wildman–Crippen MR) is 74.4 cm³/mol. The molecular formula is C14H18F3N3O2. The lowest BCUT2D eigenvalue weighted by atomic mass is 9.82. The maximum atomic E-state index is 12.2. The molecule has 2 rings (SSSR count). The van der Waals surface area contributed by atoms with Crippen LogP contribution in [0.2, 0.25) is 0 Å². The Morgan fingerprint density at radius 3 is 2.55 bits per heavy atom. The number of ether oxygens (including phenoxy) is 1. The number of nitrogens with one attached hydrogen (secondary N) is 1. The minimum absolute atomic E-state index is 0.157. The van der Waals surface area contributed by atoms with E-state index in [0.717, 1.165) is 19.3 Å². The Morgan fingerprint density at radius 2 is 2.00 bits per heavy atom. The number of anilines is 1. The Hall–Kier alpha value is -1.83. The van der Waals surface area contributed by atoms with Crippen LogP contribution in [0.25, 0.3) is 0 Å². The molecule has 1 aliphatic carbocycles. The molecule has 1 aliphatic rings. The molecule has 1 heterocycles. The lowest BCUT2D eigenvalue weighted by Gasteiger charge is -2.31. The van der Waals surface area contributed by atoms with E-state index in [4.69, 9.17) is 5.73 Å². The number of amides is 1. The van der Waals surface area contributed by atoms with Gasteiger partial charge in [-0.05, 0) is 18.9 Å². The van der Waals surface area contributed by atoms with E-state index in [1.807, 2.05) is 0 Å². The number of pyridine rings is 1. The van der Waals surface area contributed by atoms with Crippen molar-refractivity contribution in [1.82, 2.24) is 4.98 Å². The highest BCUT2D eigenvalue weighted by atomic mass is 19.4. The van der Waals surface area contributed by atoms with Crippen LogP contribution in [-0.4, -0.2) is 29.2 Å². The number of carbonyl (C=O) groups is 1. The third-order valence-electron chi connectivity index (χ3n) is 3.58. The van der Waals surface area contributed by atoms with Crippen molar-refractivity contribution in [1.29, 1.82) is 0 Å². The fourth-order valence-corrected chi connectivity index (χ4v) is 2.36. The first kappa shape index (κ1) is 16.5. The number of rotatable bonds is 4. The van der Waals surface area contributed by atoms with Crippen LogP contribution in [0.5, 0.6) is 5.88 Å². The summed E-state index contributed by atoms with van der Waals surface area (Å²) < 4.78 is 40.5. The summed E-state index contributed by atoms with van der Waals surface area (Å²) in [7, 11) is 0. The molecule has 5 nitrogen and oxygen atoms in total. The molecule has 122 valence electrons. The summed E-state index contributed by atoms with van der Waals surface area (Å²) in [5.41, 5.74) is 5.58. The largest absolute Gasteiger partial charge is 0.468 e. The van der Waals surface area contributed by atoms with Crippen LogP contribution >= 0.6 is 0 Å². The monoisotopic (exact) mass is 317 g/mol. The van der Waals surface area contributed by atoms with Crippen LogP contribution in [-0.2, 0) is 4.79 Å². The Balaban J connectivity index is 1.92. The quantitative estimate of drug-likeness (QED) is 0.895. The molecule has 3 N–H and O–H groups in total. The second-order valence-electron chi connectivity index (χ2n) is 5.46. The minimum atomic E-state index is -4.42. The van der Waals surface area contributed by atoms with Gasteiger partial charge in [-0.15, -0.1) is 0 Å². The normalized spacial score (nSPS) is 17.8. The molecule has 1 fully saturated rings. The van der Waals surface area contributed by atoms with E-state index >= 15 is 0 Å². The molecule has 0 aromatic carbocycles. The molecule has 8 heteroatoms. The van der Waals surface area contributed by atoms with E-state index in [1.165, 1.54) is 18.3 Å². The summed E-state index contributed by atoms with van der Waals surface area (Å²) in [6.07, 6.45) is 0.965. The number of aromatic nitrogens is 1. The molecule has 0 aliphatic heterocycles. The van der Waals surface area contributed by atoms with Gasteiger partial charge in [0.1, 0.15) is 0 Å². The second-order valence-corrected chi connectivity index (χ2v) is 5.46. The lowest BCUT2D eigenvalue weighted by Crippen LogP contribution is -2.52. The Morgan fingerprint density at radius 1 is 1.32 bits per heavy atom. The van der Waals surface area contributed by atoms with Gasteiger partial charge in [0, 0.05) is 6.07 Å². The summed E-state index contributed by atoms with van der Waals surface area (Å²) in [5.74, 6) is -0.451. The molecule has 0 radical (unpaired) electrons. The topological polar surface area (TPSA) is 77.2 Å². The van der Waals surface area contributed by atoms with Crippen molar-refractivity contribution in [2.24, 2.45) is 5.73 Å². The Bertz CT molecular complexity index is 511. The van der Waals surface area contributed by atoms with Crippen molar-refractivity contribution in [2.75, 3.05) is 11.9 Å². The van der Waals surface area contributed by atoms with Gasteiger partial charge in [0.2, 0.25) is 11.8 Å². The van der Waals surface area contributed by atoms with Crippen LogP contribution in [0.3, 0.4) is 0 Å². The van der Waals surface area contributed by atoms with Gasteiger partial charge in [-0.2, -0.15) is 13.2 Å². The summed E-state index contributed by atoms with van der Waals surface area (Å²) in [5, 5.41) is 2.65. The van der Waals surface area contributed by atoms with Gasteiger partial charge >= 0.3 is 6.18 Å². The van der Waals surface area contributed by atoms with Gasteiger partial charge in [-0.1, -0.05) is 19.3 Å². The van der Waals surface area contributed by atoms with E-state index < -0.39 is 18.3 Å². The van der Waals surface area contributed by atoms with Gasteiger partial charge in [-0.25, -0.2) is 4.98 Å². The standard InChI is InChI=1S/C14H18F3N3O2/c15-14(16,17)9-22-11-5-4-10(8-19-11)20-12(21)13(18)6-2-1-3-7-13/h4-5,8H,1-3,6-7,9,18H2,(H,20,21). The zero-order valence-corrected chi connectivity index (χ0v) is 11.9. The third-order valence-corrected chi connectivity index (χ3v) is 3.58. The maximum Gasteiger partial charge on any atom is 0.422 e. The van der Waals surface area contributed by atoms with Crippen LogP contribution in [0.4, 0.5) is 18.9 Å². The first-order chi connectivity index (χ1) is 10.3. The first-order valence-corrected chi connectivity index (χ1v) is 7.04. The molecule has 0 saturated heterocycles. The molecular weight excluding hydrogens is 299 g/mol. The van der Waals surface area contributed by atoms with Gasteiger partial charge in [0.05, 0.1) is 17.4 Å². The third kappa shape index (κ3) is 4.59. The molecule has 22 heavy (non-hydrogen) atoms. The van der Waals surface area contributed by atoms with Gasteiger partial charge in [0.25, 0.3) is 0 Å². The van der Waals surface area contributed by atoms with E-state index in [-0.39, 0.29) is 11.8 Å². The zero-order chi connectivity index (χ0) is 16.2. The average molecular weight is 317 g/mol. The number of alkyl halides is 3. The van der Waals surface area contributed by atoms with Gasteiger partial charge in [0.15, 0.2) is 6.61 Å². The van der Waals surface area contributed by atoms with Gasteiger partial charge < -0.3 is 15.8 Å². The maximum absolute atomic E-state index is 12.2. The molecule has 1 saturated carbocycles. The van der Waals surface area contributed by atoms with Crippen molar-refractivity contribution in [3.8, 4) is 5.88 Å². The highest BCUT2D eigenvalue weighted by Crippen LogP contribution is 2.27. The second kappa shape index (κ2) is 6.51. The molecule has 1 aromatic rings. The number of carbonyl (C=O) groups excluding carboxylic acids is 1. The van der Waals surface area contributed by atoms with Gasteiger partial charge in [-0.3, -0.25) is 4.79 Å². The van der Waals surface area contributed by atoms with Crippen LogP contribution in [0.15, 0.2) is 18.3 Å². The van der Waals surface area contributed by atoms with Crippen LogP contribution < -0.4 is 15.8 Å². The van der Waals surface area contributed by atoms with Crippen molar-refractivity contribution in [3.05, 3.63) is 18.3 Å². The zero-order valence-electron chi connectivity index (χ0n) is 11.9. The van der Waals surface area contributed by atoms with Crippen molar-refractivity contribution in [2.45, 2.75) is 43.8 Å². The number of halogens is 3. The first-order valence-electron chi connectivity index (χ1n) is 7.04. The Labute approximate surface area is 126 Å². The molecule has 0 unspecified atom stereocenters. The summed E-state index contributed by atoms with van der Waals surface area (Å²) in [6, 6.07) is 2.70. The Kier molecular flexibility index (Phi) is 4.90. The molecule has 0 bridgehead atoms. The SMILES string of the molecule is NC1(C(=O)Nc2ccc(OCC(F)(F)F)nc2)CCCCC1. The summed E-state index contributed by atoms with van der Waals surface area (Å²) in [4.78, 5) is 15.9. The number of hydrogen-bond acceptors (Lipinski definition) is 4. The summed E-state index contributed by atoms with van der Waals surface area (Å²) >= 11 is 0. The molecule has 0 spiro atoms. The van der Waals surface area contributed by atoms with Crippen molar-refractivity contribution >= 4 is 11.6 Å². The van der Waals surface area contributed by atoms with Crippen molar-refractivity contribution < 1.29 is 22.7 Å². The highest BCUT2D eigenvalue weighted by molar-refractivity contribution is 5.97. The number of nitrogens with two attached hydrogens (primary N) is 1. The molecule has 1 amide bonds. The van der Waals surface area contributed by atoms with Crippen LogP contribution in [0, 0.1) is 0 Å². The lowest BCUT2D eigenvalue weighted by molar-refractivity contribution is -0.154. The van der Waals surface area contributed by atoms with E-state index in [0.29, 0.717) is 18.5 Å². The molecule has 0 atom stereocenters. The van der Waals surface area contributed by atoms with E-state index in [1.54, 1.807) is 0 Å². The van der Waals surface area contributed by atoms with Crippen LogP contribution in [0.1, 0.15) is 32.1 Å². The average Bonchev–Trinajstić information content (AvgIpc) is 2.46. The predicted octanol–water partition coefficient (Wildman–Crippen LogP) is 2.62. The minimum Gasteiger partial charge on any atom is -0.468 e. The highest BCUT2D eigenvalue weighted by Gasteiger charge is 2.35. The van der Waals surface area contributed by atoms with E-state index in [9.17, 15) is 18.0 Å². The smallest absolute Gasteiger partial charge is 0.422 e. The number of hydrogen-bond donors (Lipinski definition) is 2. The molecule has 1 aromatic heterocycles. The fraction of sp³-hybridized carbons (Fsp3) is 0.571. The van der Waals surface area contributed by atoms with Crippen molar-refractivity contribution in [3.63, 3.8) is 0 Å². The number of nitrogens with zero attached hydrogens (tertiary/aromatic N) is 1. The summed E-state index contributed by atoms with van der Waals surface area (Å²) in [6.45, 7) is -1.41. The fourth-order valence-electron chi connectivity index (χ4n) is 2.36.